The van der Waals surface area contributed by atoms with E-state index in [1.165, 1.54) is 64.2 Å². The maximum Gasteiger partial charge on any atom is 0.00388 e. The molecule has 1 heteroatoms. The Kier molecular flexibility index (Phi) is 6.25. The minimum Gasteiger partial charge on any atom is -0.328 e. The van der Waals surface area contributed by atoms with Crippen LogP contribution in [0, 0.1) is 5.92 Å². The maximum atomic E-state index is 5.63. The van der Waals surface area contributed by atoms with Crippen LogP contribution in [0.25, 0.3) is 0 Å². The molecule has 0 atom stereocenters. The third kappa shape index (κ3) is 5.64. The largest absolute Gasteiger partial charge is 0.328 e. The molecule has 2 aliphatic carbocycles. The van der Waals surface area contributed by atoms with Gasteiger partial charge in [-0.3, -0.25) is 0 Å². The Balaban J connectivity index is 0.000000140. The second-order valence-electron chi connectivity index (χ2n) is 5.14. The molecular weight excluding hydrogens is 170 g/mol. The van der Waals surface area contributed by atoms with Gasteiger partial charge in [-0.05, 0) is 18.8 Å². The lowest BCUT2D eigenvalue weighted by Crippen LogP contribution is -2.22. The number of hydrogen-bond donors (Lipinski definition) is 1. The van der Waals surface area contributed by atoms with Gasteiger partial charge in [-0.25, -0.2) is 0 Å². The van der Waals surface area contributed by atoms with Crippen molar-refractivity contribution in [3.8, 4) is 0 Å². The average molecular weight is 197 g/mol. The maximum absolute atomic E-state index is 5.63. The summed E-state index contributed by atoms with van der Waals surface area (Å²) in [5.41, 5.74) is 5.63. The third-order valence-electron chi connectivity index (χ3n) is 3.54. The fraction of sp³-hybridized carbons (Fsp3) is 1.00. The van der Waals surface area contributed by atoms with Crippen molar-refractivity contribution in [3.63, 3.8) is 0 Å². The molecule has 0 radical (unpaired) electrons. The monoisotopic (exact) mass is 197 g/mol. The van der Waals surface area contributed by atoms with Gasteiger partial charge in [0.05, 0.1) is 0 Å². The Morgan fingerprint density at radius 3 is 1.36 bits per heavy atom. The molecule has 0 bridgehead atoms. The predicted octanol–water partition coefficient (Wildman–Crippen LogP) is 3.86. The molecule has 2 rings (SSSR count). The Morgan fingerprint density at radius 2 is 1.14 bits per heavy atom. The molecule has 14 heavy (non-hydrogen) atoms. The van der Waals surface area contributed by atoms with Crippen molar-refractivity contribution < 1.29 is 0 Å². The molecule has 0 unspecified atom stereocenters. The number of nitrogens with two attached hydrogens (primary N) is 1. The average Bonchev–Trinajstić information content (AvgIpc) is 2.21. The minimum absolute atomic E-state index is 0.536. The van der Waals surface area contributed by atoms with Gasteiger partial charge >= 0.3 is 0 Å². The molecule has 0 aliphatic heterocycles. The van der Waals surface area contributed by atoms with Gasteiger partial charge in [-0.15, -0.1) is 0 Å². The molecule has 2 saturated carbocycles. The zero-order valence-electron chi connectivity index (χ0n) is 9.80. The van der Waals surface area contributed by atoms with Crippen LogP contribution in [0.2, 0.25) is 0 Å². The molecule has 0 aromatic rings. The van der Waals surface area contributed by atoms with Gasteiger partial charge in [0.1, 0.15) is 0 Å². The molecule has 0 aromatic carbocycles. The quantitative estimate of drug-likeness (QED) is 0.627. The van der Waals surface area contributed by atoms with E-state index in [-0.39, 0.29) is 0 Å². The molecule has 2 N–H and O–H groups in total. The van der Waals surface area contributed by atoms with E-state index in [2.05, 4.69) is 6.92 Å². The van der Waals surface area contributed by atoms with E-state index in [4.69, 9.17) is 5.73 Å². The standard InChI is InChI=1S/C7H14.C6H13N/c1-7-5-3-2-4-6-7;7-6-4-2-1-3-5-6/h7H,2-6H2,1H3;6H,1-5,7H2. The van der Waals surface area contributed by atoms with Crippen LogP contribution in [0.5, 0.6) is 0 Å². The van der Waals surface area contributed by atoms with E-state index in [1.807, 2.05) is 0 Å². The minimum atomic E-state index is 0.536. The van der Waals surface area contributed by atoms with Gasteiger partial charge in [0.2, 0.25) is 0 Å². The van der Waals surface area contributed by atoms with Crippen molar-refractivity contribution in [3.05, 3.63) is 0 Å². The molecule has 2 aliphatic rings. The highest BCUT2D eigenvalue weighted by molar-refractivity contribution is 4.66. The van der Waals surface area contributed by atoms with E-state index in [9.17, 15) is 0 Å². The van der Waals surface area contributed by atoms with Crippen molar-refractivity contribution in [2.75, 3.05) is 0 Å². The highest BCUT2D eigenvalue weighted by Gasteiger charge is 2.06. The van der Waals surface area contributed by atoms with Crippen LogP contribution < -0.4 is 5.73 Å². The van der Waals surface area contributed by atoms with Gasteiger partial charge in [-0.2, -0.15) is 0 Å². The topological polar surface area (TPSA) is 26.0 Å². The zero-order chi connectivity index (χ0) is 10.2. The van der Waals surface area contributed by atoms with Gasteiger partial charge < -0.3 is 5.73 Å². The normalized spacial score (nSPS) is 25.3. The molecule has 84 valence electrons. The first kappa shape index (κ1) is 12.0. The van der Waals surface area contributed by atoms with E-state index in [0.29, 0.717) is 6.04 Å². The van der Waals surface area contributed by atoms with Crippen molar-refractivity contribution in [1.29, 1.82) is 0 Å². The smallest absolute Gasteiger partial charge is 0.00388 e. The fourth-order valence-corrected chi connectivity index (χ4v) is 2.44. The molecule has 0 spiro atoms. The van der Waals surface area contributed by atoms with E-state index in [1.54, 1.807) is 0 Å². The Bertz CT molecular complexity index is 105. The second kappa shape index (κ2) is 7.28. The van der Waals surface area contributed by atoms with Gasteiger partial charge in [0.15, 0.2) is 0 Å². The van der Waals surface area contributed by atoms with Crippen LogP contribution in [0.3, 0.4) is 0 Å². The van der Waals surface area contributed by atoms with Crippen molar-refractivity contribution in [2.45, 2.75) is 77.2 Å². The first-order valence-corrected chi connectivity index (χ1v) is 6.54. The summed E-state index contributed by atoms with van der Waals surface area (Å²) < 4.78 is 0. The summed E-state index contributed by atoms with van der Waals surface area (Å²) in [5, 5.41) is 0. The number of rotatable bonds is 0. The summed E-state index contributed by atoms with van der Waals surface area (Å²) >= 11 is 0. The summed E-state index contributed by atoms with van der Waals surface area (Å²) in [6.07, 6.45) is 14.1. The zero-order valence-corrected chi connectivity index (χ0v) is 9.80. The van der Waals surface area contributed by atoms with E-state index >= 15 is 0 Å². The van der Waals surface area contributed by atoms with Crippen LogP contribution in [0.1, 0.15) is 71.1 Å². The van der Waals surface area contributed by atoms with Crippen LogP contribution in [-0.2, 0) is 0 Å². The summed E-state index contributed by atoms with van der Waals surface area (Å²) in [6, 6.07) is 0.536. The van der Waals surface area contributed by atoms with Crippen LogP contribution in [0.4, 0.5) is 0 Å². The molecule has 1 nitrogen and oxygen atoms in total. The van der Waals surface area contributed by atoms with Crippen molar-refractivity contribution in [1.82, 2.24) is 0 Å². The Labute approximate surface area is 89.5 Å². The Morgan fingerprint density at radius 1 is 0.714 bits per heavy atom. The highest BCUT2D eigenvalue weighted by Crippen LogP contribution is 2.22. The summed E-state index contributed by atoms with van der Waals surface area (Å²) in [7, 11) is 0. The molecule has 0 amide bonds. The third-order valence-corrected chi connectivity index (χ3v) is 3.54. The first-order chi connectivity index (χ1) is 6.79. The highest BCUT2D eigenvalue weighted by atomic mass is 14.6. The SMILES string of the molecule is CC1CCCCC1.NC1CCCCC1. The molecular formula is C13H27N. The summed E-state index contributed by atoms with van der Waals surface area (Å²) in [5.74, 6) is 1.04. The fourth-order valence-electron chi connectivity index (χ4n) is 2.44. The van der Waals surface area contributed by atoms with Crippen molar-refractivity contribution >= 4 is 0 Å². The van der Waals surface area contributed by atoms with Crippen molar-refractivity contribution in [2.24, 2.45) is 11.7 Å². The van der Waals surface area contributed by atoms with Crippen LogP contribution in [-0.4, -0.2) is 6.04 Å². The first-order valence-electron chi connectivity index (χ1n) is 6.54. The second-order valence-corrected chi connectivity index (χ2v) is 5.14. The predicted molar refractivity (Wildman–Crippen MR) is 63.3 cm³/mol. The number of hydrogen-bond acceptors (Lipinski definition) is 1. The van der Waals surface area contributed by atoms with E-state index < -0.39 is 0 Å². The molecule has 2 fully saturated rings. The van der Waals surface area contributed by atoms with Gasteiger partial charge in [0.25, 0.3) is 0 Å². The lowest BCUT2D eigenvalue weighted by molar-refractivity contribution is 0.385. The van der Waals surface area contributed by atoms with Gasteiger partial charge in [-0.1, -0.05) is 58.3 Å². The van der Waals surface area contributed by atoms with Crippen LogP contribution in [0.15, 0.2) is 0 Å². The molecule has 0 aromatic heterocycles. The molecule has 0 saturated heterocycles. The lowest BCUT2D eigenvalue weighted by atomic mass is 9.91. The Hall–Kier alpha value is -0.0400. The molecule has 0 heterocycles. The van der Waals surface area contributed by atoms with Gasteiger partial charge in [0, 0.05) is 6.04 Å². The lowest BCUT2D eigenvalue weighted by Gasteiger charge is -2.15. The van der Waals surface area contributed by atoms with Crippen LogP contribution >= 0.6 is 0 Å². The summed E-state index contributed by atoms with van der Waals surface area (Å²) in [6.45, 7) is 2.36. The summed E-state index contributed by atoms with van der Waals surface area (Å²) in [4.78, 5) is 0. The van der Waals surface area contributed by atoms with E-state index in [0.717, 1.165) is 5.92 Å².